The zero-order valence-corrected chi connectivity index (χ0v) is 17.7. The third-order valence-corrected chi connectivity index (χ3v) is 4.84. The van der Waals surface area contributed by atoms with Gasteiger partial charge in [-0.3, -0.25) is 10.1 Å². The lowest BCUT2D eigenvalue weighted by Gasteiger charge is -2.27. The first-order valence-corrected chi connectivity index (χ1v) is 10.1. The van der Waals surface area contributed by atoms with E-state index < -0.39 is 4.92 Å². The van der Waals surface area contributed by atoms with Crippen molar-refractivity contribution in [2.75, 3.05) is 41.9 Å². The highest BCUT2D eigenvalue weighted by molar-refractivity contribution is 5.98. The maximum absolute atomic E-state index is 13.2. The van der Waals surface area contributed by atoms with Crippen LogP contribution < -0.4 is 15.6 Å². The molecule has 1 saturated heterocycles. The number of ether oxygens (including phenoxy) is 1. The monoisotopic (exact) mass is 452 g/mol. The van der Waals surface area contributed by atoms with Gasteiger partial charge in [-0.15, -0.1) is 0 Å². The molecular weight excluding hydrogens is 431 g/mol. The molecule has 0 spiro atoms. The summed E-state index contributed by atoms with van der Waals surface area (Å²) in [5.74, 6) is 0.568. The second-order valence-corrected chi connectivity index (χ2v) is 7.13. The number of anilines is 4. The summed E-state index contributed by atoms with van der Waals surface area (Å²) < 4.78 is 18.6. The Hall–Kier alpha value is -4.19. The Kier molecular flexibility index (Phi) is 6.64. The van der Waals surface area contributed by atoms with Crippen LogP contribution in [0.5, 0.6) is 0 Å². The van der Waals surface area contributed by atoms with Gasteiger partial charge in [-0.25, -0.2) is 9.82 Å². The predicted molar refractivity (Wildman–Crippen MR) is 121 cm³/mol. The number of rotatable bonds is 7. The second-order valence-electron chi connectivity index (χ2n) is 7.13. The Morgan fingerprint density at radius 1 is 1.06 bits per heavy atom. The van der Waals surface area contributed by atoms with E-state index in [1.54, 1.807) is 31.2 Å². The Labute approximate surface area is 188 Å². The SMILES string of the molecule is CC(=NNc1nc(Nc2ccc([N+](=O)[O-])cc2)nc(N2CCOCC2)n1)c1ccc(F)cc1. The molecule has 2 aromatic carbocycles. The lowest BCUT2D eigenvalue weighted by atomic mass is 10.1. The highest BCUT2D eigenvalue weighted by Crippen LogP contribution is 2.21. The molecule has 0 aliphatic carbocycles. The number of nitrogens with zero attached hydrogens (tertiary/aromatic N) is 6. The molecule has 1 fully saturated rings. The average Bonchev–Trinajstić information content (AvgIpc) is 2.84. The van der Waals surface area contributed by atoms with Crippen LogP contribution in [0.15, 0.2) is 53.6 Å². The van der Waals surface area contributed by atoms with E-state index in [0.717, 1.165) is 5.56 Å². The minimum atomic E-state index is -0.466. The third kappa shape index (κ3) is 5.74. The molecule has 2 heterocycles. The number of aromatic nitrogens is 3. The van der Waals surface area contributed by atoms with Gasteiger partial charge in [-0.05, 0) is 36.8 Å². The van der Waals surface area contributed by atoms with Gasteiger partial charge in [0.1, 0.15) is 5.82 Å². The first-order valence-electron chi connectivity index (χ1n) is 10.1. The molecular formula is C21H21FN8O3. The zero-order chi connectivity index (χ0) is 23.2. The molecule has 3 aromatic rings. The summed E-state index contributed by atoms with van der Waals surface area (Å²) in [5.41, 5.74) is 4.76. The topological polar surface area (TPSA) is 131 Å². The van der Waals surface area contributed by atoms with Crippen LogP contribution in [0, 0.1) is 15.9 Å². The van der Waals surface area contributed by atoms with E-state index >= 15 is 0 Å². The first kappa shape index (κ1) is 22.0. The summed E-state index contributed by atoms with van der Waals surface area (Å²) in [5, 5.41) is 18.2. The lowest BCUT2D eigenvalue weighted by Crippen LogP contribution is -2.37. The minimum Gasteiger partial charge on any atom is -0.378 e. The number of hydrazone groups is 1. The number of morpholine rings is 1. The second kappa shape index (κ2) is 9.96. The zero-order valence-electron chi connectivity index (χ0n) is 17.7. The largest absolute Gasteiger partial charge is 0.378 e. The van der Waals surface area contributed by atoms with Crippen molar-refractivity contribution in [2.24, 2.45) is 5.10 Å². The van der Waals surface area contributed by atoms with Crippen molar-refractivity contribution in [3.05, 3.63) is 70.0 Å². The molecule has 0 radical (unpaired) electrons. The molecule has 170 valence electrons. The van der Waals surface area contributed by atoms with Gasteiger partial charge in [0.2, 0.25) is 17.8 Å². The molecule has 1 aliphatic heterocycles. The molecule has 12 heteroatoms. The van der Waals surface area contributed by atoms with Gasteiger partial charge in [0.15, 0.2) is 0 Å². The highest BCUT2D eigenvalue weighted by atomic mass is 19.1. The van der Waals surface area contributed by atoms with Crippen molar-refractivity contribution in [3.63, 3.8) is 0 Å². The fourth-order valence-corrected chi connectivity index (χ4v) is 3.06. The molecule has 33 heavy (non-hydrogen) atoms. The maximum atomic E-state index is 13.2. The van der Waals surface area contributed by atoms with E-state index in [0.29, 0.717) is 43.7 Å². The molecule has 0 saturated carbocycles. The Morgan fingerprint density at radius 2 is 1.73 bits per heavy atom. The van der Waals surface area contributed by atoms with Crippen LogP contribution in [-0.4, -0.2) is 51.9 Å². The van der Waals surface area contributed by atoms with Crippen molar-refractivity contribution in [3.8, 4) is 0 Å². The number of halogens is 1. The van der Waals surface area contributed by atoms with E-state index in [1.807, 2.05) is 4.90 Å². The molecule has 0 amide bonds. The quantitative estimate of drug-likeness (QED) is 0.315. The summed E-state index contributed by atoms with van der Waals surface area (Å²) in [4.78, 5) is 25.7. The predicted octanol–water partition coefficient (Wildman–Crippen LogP) is 3.34. The molecule has 0 atom stereocenters. The van der Waals surface area contributed by atoms with Gasteiger partial charge < -0.3 is 15.0 Å². The van der Waals surface area contributed by atoms with Gasteiger partial charge in [0.05, 0.1) is 23.8 Å². The first-order chi connectivity index (χ1) is 16.0. The van der Waals surface area contributed by atoms with E-state index in [-0.39, 0.29) is 23.4 Å². The van der Waals surface area contributed by atoms with Crippen LogP contribution in [-0.2, 0) is 4.74 Å². The number of nitrogens with one attached hydrogen (secondary N) is 2. The number of benzene rings is 2. The van der Waals surface area contributed by atoms with Crippen molar-refractivity contribution >= 4 is 34.9 Å². The van der Waals surface area contributed by atoms with Gasteiger partial charge in [0, 0.05) is 30.9 Å². The molecule has 11 nitrogen and oxygen atoms in total. The summed E-state index contributed by atoms with van der Waals surface area (Å²) in [6, 6.07) is 11.9. The Bertz CT molecular complexity index is 1150. The molecule has 0 unspecified atom stereocenters. The van der Waals surface area contributed by atoms with Gasteiger partial charge in [-0.2, -0.15) is 20.1 Å². The Morgan fingerprint density at radius 3 is 2.39 bits per heavy atom. The summed E-state index contributed by atoms with van der Waals surface area (Å²) in [6.07, 6.45) is 0. The van der Waals surface area contributed by atoms with Crippen molar-refractivity contribution in [1.29, 1.82) is 0 Å². The smallest absolute Gasteiger partial charge is 0.269 e. The molecule has 0 bridgehead atoms. The minimum absolute atomic E-state index is 0.0156. The maximum Gasteiger partial charge on any atom is 0.269 e. The fraction of sp³-hybridized carbons (Fsp3) is 0.238. The fourth-order valence-electron chi connectivity index (χ4n) is 3.06. The standard InChI is InChI=1S/C21H21FN8O3/c1-14(15-2-4-16(22)5-3-15)27-28-20-24-19(23-17-6-8-18(9-7-17)30(31)32)25-21(26-20)29-10-12-33-13-11-29/h2-9H,10-13H2,1H3,(H2,23,24,25,26,28). The van der Waals surface area contributed by atoms with Gasteiger partial charge in [0.25, 0.3) is 5.69 Å². The van der Waals surface area contributed by atoms with Crippen molar-refractivity contribution in [1.82, 2.24) is 15.0 Å². The van der Waals surface area contributed by atoms with E-state index in [9.17, 15) is 14.5 Å². The van der Waals surface area contributed by atoms with Crippen LogP contribution in [0.1, 0.15) is 12.5 Å². The number of hydrogen-bond donors (Lipinski definition) is 2. The molecule has 1 aromatic heterocycles. The van der Waals surface area contributed by atoms with Crippen molar-refractivity contribution < 1.29 is 14.1 Å². The number of hydrogen-bond acceptors (Lipinski definition) is 10. The van der Waals surface area contributed by atoms with Crippen LogP contribution in [0.25, 0.3) is 0 Å². The average molecular weight is 452 g/mol. The summed E-state index contributed by atoms with van der Waals surface area (Å²) in [7, 11) is 0. The normalized spacial score (nSPS) is 14.1. The van der Waals surface area contributed by atoms with Gasteiger partial charge >= 0.3 is 0 Å². The number of nitro groups is 1. The molecule has 1 aliphatic rings. The molecule has 4 rings (SSSR count). The highest BCUT2D eigenvalue weighted by Gasteiger charge is 2.17. The van der Waals surface area contributed by atoms with Crippen LogP contribution in [0.2, 0.25) is 0 Å². The van der Waals surface area contributed by atoms with Crippen LogP contribution in [0.3, 0.4) is 0 Å². The van der Waals surface area contributed by atoms with E-state index in [2.05, 4.69) is 30.8 Å². The van der Waals surface area contributed by atoms with Crippen molar-refractivity contribution in [2.45, 2.75) is 6.92 Å². The lowest BCUT2D eigenvalue weighted by molar-refractivity contribution is -0.384. The Balaban J connectivity index is 1.59. The molecule has 2 N–H and O–H groups in total. The number of nitro benzene ring substituents is 1. The van der Waals surface area contributed by atoms with E-state index in [4.69, 9.17) is 4.74 Å². The third-order valence-electron chi connectivity index (χ3n) is 4.84. The summed E-state index contributed by atoms with van der Waals surface area (Å²) >= 11 is 0. The van der Waals surface area contributed by atoms with Crippen LogP contribution in [0.4, 0.5) is 33.6 Å². The van der Waals surface area contributed by atoms with Gasteiger partial charge in [-0.1, -0.05) is 12.1 Å². The van der Waals surface area contributed by atoms with Crippen LogP contribution >= 0.6 is 0 Å². The number of non-ortho nitro benzene ring substituents is 1. The van der Waals surface area contributed by atoms with E-state index in [1.165, 1.54) is 24.3 Å². The summed E-state index contributed by atoms with van der Waals surface area (Å²) in [6.45, 7) is 4.14.